The number of aromatic nitrogens is 2. The molecule has 19 heavy (non-hydrogen) atoms. The van der Waals surface area contributed by atoms with E-state index < -0.39 is 10.2 Å². The van der Waals surface area contributed by atoms with Crippen molar-refractivity contribution in [1.29, 1.82) is 0 Å². The molecule has 0 radical (unpaired) electrons. The van der Waals surface area contributed by atoms with Crippen LogP contribution in [0.4, 0.5) is 11.4 Å². The quantitative estimate of drug-likeness (QED) is 0.746. The summed E-state index contributed by atoms with van der Waals surface area (Å²) in [5.74, 6) is 0. The molecule has 2 aromatic rings. The van der Waals surface area contributed by atoms with Crippen LogP contribution in [0.1, 0.15) is 5.69 Å². The second-order valence-electron chi connectivity index (χ2n) is 3.78. The smallest absolute Gasteiger partial charge is 0.296 e. The summed E-state index contributed by atoms with van der Waals surface area (Å²) < 4.78 is 24.0. The highest BCUT2D eigenvalue weighted by Gasteiger charge is 2.02. The Labute approximate surface area is 111 Å². The first kappa shape index (κ1) is 13.2. The van der Waals surface area contributed by atoms with Gasteiger partial charge < -0.3 is 5.32 Å². The first-order valence-electron chi connectivity index (χ1n) is 5.42. The van der Waals surface area contributed by atoms with Gasteiger partial charge in [-0.05, 0) is 24.3 Å². The molecule has 0 fully saturated rings. The minimum absolute atomic E-state index is 0.398. The molecule has 0 saturated heterocycles. The van der Waals surface area contributed by atoms with Gasteiger partial charge in [0.2, 0.25) is 0 Å². The van der Waals surface area contributed by atoms with E-state index in [0.717, 1.165) is 11.4 Å². The monoisotopic (exact) mass is 279 g/mol. The Kier molecular flexibility index (Phi) is 3.93. The molecule has 0 unspecified atom stereocenters. The predicted molar refractivity (Wildman–Crippen MR) is 72.5 cm³/mol. The maximum absolute atomic E-state index is 10.9. The van der Waals surface area contributed by atoms with E-state index in [2.05, 4.69) is 20.0 Å². The van der Waals surface area contributed by atoms with Gasteiger partial charge in [0.05, 0.1) is 17.9 Å². The fraction of sp³-hybridized carbons (Fsp3) is 0.0909. The van der Waals surface area contributed by atoms with Crippen molar-refractivity contribution in [3.8, 4) is 0 Å². The first-order chi connectivity index (χ1) is 9.03. The maximum atomic E-state index is 10.9. The zero-order valence-electron chi connectivity index (χ0n) is 9.95. The number of hydrogen-bond donors (Lipinski definition) is 3. The van der Waals surface area contributed by atoms with Crippen molar-refractivity contribution in [3.63, 3.8) is 0 Å². The molecule has 0 bridgehead atoms. The summed E-state index contributed by atoms with van der Waals surface area (Å²) in [6.07, 6.45) is 3.12. The van der Waals surface area contributed by atoms with E-state index in [0.29, 0.717) is 12.2 Å². The van der Waals surface area contributed by atoms with Crippen molar-refractivity contribution in [1.82, 2.24) is 9.97 Å². The molecule has 2 rings (SSSR count). The molecule has 0 atom stereocenters. The molecule has 0 saturated carbocycles. The Morgan fingerprint density at radius 3 is 2.68 bits per heavy atom. The van der Waals surface area contributed by atoms with Gasteiger partial charge in [0.25, 0.3) is 10.2 Å². The van der Waals surface area contributed by atoms with Crippen LogP contribution in [0.3, 0.4) is 0 Å². The number of rotatable bonds is 5. The SMILES string of the molecule is NS(=O)(=O)Nc1cccc(NCc2ccncn2)c1. The molecule has 4 N–H and O–H groups in total. The topological polar surface area (TPSA) is 110 Å². The normalized spacial score (nSPS) is 11.0. The van der Waals surface area contributed by atoms with Crippen LogP contribution < -0.4 is 15.2 Å². The third-order valence-corrected chi connectivity index (χ3v) is 2.76. The molecular weight excluding hydrogens is 266 g/mol. The number of nitrogens with zero attached hydrogens (tertiary/aromatic N) is 2. The summed E-state index contributed by atoms with van der Waals surface area (Å²) in [5, 5.41) is 8.03. The van der Waals surface area contributed by atoms with Gasteiger partial charge in [-0.3, -0.25) is 4.72 Å². The lowest BCUT2D eigenvalue weighted by molar-refractivity contribution is 0.603. The Morgan fingerprint density at radius 2 is 2.00 bits per heavy atom. The van der Waals surface area contributed by atoms with Gasteiger partial charge >= 0.3 is 0 Å². The molecule has 0 spiro atoms. The molecule has 1 aromatic carbocycles. The average Bonchev–Trinajstić information content (AvgIpc) is 2.36. The third kappa shape index (κ3) is 4.53. The number of nitrogens with one attached hydrogen (secondary N) is 2. The molecular formula is C11H13N5O2S. The van der Waals surface area contributed by atoms with E-state index in [1.807, 2.05) is 6.07 Å². The van der Waals surface area contributed by atoms with Crippen LogP contribution in [-0.4, -0.2) is 18.4 Å². The zero-order chi connectivity index (χ0) is 13.7. The van der Waals surface area contributed by atoms with Gasteiger partial charge in [-0.15, -0.1) is 0 Å². The highest BCUT2D eigenvalue weighted by Crippen LogP contribution is 2.16. The summed E-state index contributed by atoms with van der Waals surface area (Å²) in [7, 11) is -3.76. The Morgan fingerprint density at radius 1 is 1.21 bits per heavy atom. The van der Waals surface area contributed by atoms with Crippen molar-refractivity contribution in [2.75, 3.05) is 10.0 Å². The Hall–Kier alpha value is -2.19. The lowest BCUT2D eigenvalue weighted by Crippen LogP contribution is -2.21. The van der Waals surface area contributed by atoms with E-state index in [4.69, 9.17) is 5.14 Å². The zero-order valence-corrected chi connectivity index (χ0v) is 10.8. The maximum Gasteiger partial charge on any atom is 0.296 e. The van der Waals surface area contributed by atoms with Crippen molar-refractivity contribution >= 4 is 21.6 Å². The molecule has 0 amide bonds. The second kappa shape index (κ2) is 5.63. The highest BCUT2D eigenvalue weighted by atomic mass is 32.2. The van der Waals surface area contributed by atoms with Crippen LogP contribution in [0.15, 0.2) is 42.9 Å². The summed E-state index contributed by atoms with van der Waals surface area (Å²) in [6, 6.07) is 8.58. The van der Waals surface area contributed by atoms with Gasteiger partial charge in [0.1, 0.15) is 6.33 Å². The molecule has 0 aliphatic rings. The minimum Gasteiger partial charge on any atom is -0.379 e. The fourth-order valence-corrected chi connectivity index (χ4v) is 1.93. The molecule has 8 heteroatoms. The predicted octanol–water partition coefficient (Wildman–Crippen LogP) is 0.704. The number of hydrogen-bond acceptors (Lipinski definition) is 5. The van der Waals surface area contributed by atoms with E-state index in [9.17, 15) is 8.42 Å². The number of benzene rings is 1. The van der Waals surface area contributed by atoms with E-state index >= 15 is 0 Å². The first-order valence-corrected chi connectivity index (χ1v) is 6.97. The van der Waals surface area contributed by atoms with Crippen LogP contribution in [-0.2, 0) is 16.8 Å². The van der Waals surface area contributed by atoms with Gasteiger partial charge in [0.15, 0.2) is 0 Å². The lowest BCUT2D eigenvalue weighted by Gasteiger charge is -2.08. The van der Waals surface area contributed by atoms with E-state index in [1.54, 1.807) is 30.5 Å². The Bertz CT molecular complexity index is 645. The van der Waals surface area contributed by atoms with E-state index in [-0.39, 0.29) is 0 Å². The molecule has 7 nitrogen and oxygen atoms in total. The second-order valence-corrected chi connectivity index (χ2v) is 5.08. The van der Waals surface area contributed by atoms with Gasteiger partial charge in [-0.1, -0.05) is 6.07 Å². The molecule has 0 aliphatic heterocycles. The number of nitrogens with two attached hydrogens (primary N) is 1. The summed E-state index contributed by atoms with van der Waals surface area (Å²) in [5.41, 5.74) is 1.99. The average molecular weight is 279 g/mol. The Balaban J connectivity index is 2.03. The van der Waals surface area contributed by atoms with Crippen LogP contribution in [0.25, 0.3) is 0 Å². The number of anilines is 2. The molecule has 100 valence electrons. The van der Waals surface area contributed by atoms with Crippen molar-refractivity contribution < 1.29 is 8.42 Å². The molecule has 1 aromatic heterocycles. The summed E-state index contributed by atoms with van der Waals surface area (Å²) in [6.45, 7) is 0.515. The lowest BCUT2D eigenvalue weighted by atomic mass is 10.3. The van der Waals surface area contributed by atoms with Crippen molar-refractivity contribution in [2.24, 2.45) is 5.14 Å². The van der Waals surface area contributed by atoms with E-state index in [1.165, 1.54) is 6.33 Å². The minimum atomic E-state index is -3.76. The molecule has 1 heterocycles. The summed E-state index contributed by atoms with van der Waals surface area (Å²) >= 11 is 0. The van der Waals surface area contributed by atoms with Gasteiger partial charge in [0, 0.05) is 11.9 Å². The van der Waals surface area contributed by atoms with Crippen LogP contribution in [0, 0.1) is 0 Å². The van der Waals surface area contributed by atoms with Crippen LogP contribution in [0.5, 0.6) is 0 Å². The largest absolute Gasteiger partial charge is 0.379 e. The fourth-order valence-electron chi connectivity index (χ4n) is 1.47. The van der Waals surface area contributed by atoms with Crippen LogP contribution in [0.2, 0.25) is 0 Å². The third-order valence-electron chi connectivity index (χ3n) is 2.24. The van der Waals surface area contributed by atoms with Gasteiger partial charge in [-0.2, -0.15) is 8.42 Å². The summed E-state index contributed by atoms with van der Waals surface area (Å²) in [4.78, 5) is 7.90. The standard InChI is InChI=1S/C11H13N5O2S/c12-19(17,18)16-10-3-1-2-9(6-10)14-7-11-4-5-13-8-15-11/h1-6,8,14,16H,7H2,(H2,12,17,18). The van der Waals surface area contributed by atoms with Crippen molar-refractivity contribution in [2.45, 2.75) is 6.54 Å². The highest BCUT2D eigenvalue weighted by molar-refractivity contribution is 7.90. The van der Waals surface area contributed by atoms with Crippen molar-refractivity contribution in [3.05, 3.63) is 48.5 Å². The van der Waals surface area contributed by atoms with Crippen LogP contribution >= 0.6 is 0 Å². The van der Waals surface area contributed by atoms with Gasteiger partial charge in [-0.25, -0.2) is 15.1 Å². The molecule has 0 aliphatic carbocycles.